The van der Waals surface area contributed by atoms with Gasteiger partial charge in [0, 0.05) is 38.8 Å². The minimum Gasteiger partial charge on any atom is -0.381 e. The van der Waals surface area contributed by atoms with Crippen LogP contribution in [0.1, 0.15) is 27.2 Å². The van der Waals surface area contributed by atoms with Gasteiger partial charge in [-0.2, -0.15) is 0 Å². The van der Waals surface area contributed by atoms with E-state index in [9.17, 15) is 10.1 Å². The van der Waals surface area contributed by atoms with E-state index < -0.39 is 5.03 Å². The van der Waals surface area contributed by atoms with Crippen LogP contribution in [-0.4, -0.2) is 66.5 Å². The van der Waals surface area contributed by atoms with Crippen LogP contribution in [-0.2, 0) is 9.47 Å². The summed E-state index contributed by atoms with van der Waals surface area (Å²) in [6.07, 6.45) is 0.604. The van der Waals surface area contributed by atoms with Gasteiger partial charge in [-0.1, -0.05) is 13.8 Å². The maximum atomic E-state index is 10.9. The lowest BCUT2D eigenvalue weighted by Gasteiger charge is -2.29. The summed E-state index contributed by atoms with van der Waals surface area (Å²) in [7, 11) is 0. The number of guanidine groups is 1. The lowest BCUT2D eigenvalue weighted by molar-refractivity contribution is -0.486. The maximum absolute atomic E-state index is 10.9. The number of hydrogen-bond donors (Lipinski definition) is 0. The first kappa shape index (κ1) is 17.0. The van der Waals surface area contributed by atoms with Gasteiger partial charge in [0.2, 0.25) is 0 Å². The summed E-state index contributed by atoms with van der Waals surface area (Å²) < 4.78 is 11.2. The molecule has 0 N–H and O–H groups in total. The van der Waals surface area contributed by atoms with Gasteiger partial charge in [0.1, 0.15) is 11.3 Å². The molecule has 0 aromatic heterocycles. The number of hydrazone groups is 1. The Bertz CT molecular complexity index is 418. The molecule has 126 valence electrons. The van der Waals surface area contributed by atoms with Gasteiger partial charge in [-0.15, -0.1) is 0 Å². The van der Waals surface area contributed by atoms with Gasteiger partial charge in [-0.05, 0) is 19.3 Å². The molecule has 0 aromatic carbocycles. The van der Waals surface area contributed by atoms with Crippen molar-refractivity contribution in [1.29, 1.82) is 0 Å². The molecule has 3 unspecified atom stereocenters. The van der Waals surface area contributed by atoms with Gasteiger partial charge in [-0.25, -0.2) is 10.1 Å². The molecular formula is C14H26N4O4. The summed E-state index contributed by atoms with van der Waals surface area (Å²) in [6.45, 7) is 10.3. The van der Waals surface area contributed by atoms with Crippen molar-refractivity contribution in [1.82, 2.24) is 9.80 Å². The minimum atomic E-state index is -0.617. The molecule has 0 aromatic rings. The fraction of sp³-hybridized carbons (Fsp3) is 0.929. The lowest BCUT2D eigenvalue weighted by Crippen LogP contribution is -2.43. The summed E-state index contributed by atoms with van der Waals surface area (Å²) in [5.41, 5.74) is 0. The zero-order chi connectivity index (χ0) is 16.1. The Morgan fingerprint density at radius 1 is 1.45 bits per heavy atom. The van der Waals surface area contributed by atoms with Crippen LogP contribution in [0.15, 0.2) is 5.10 Å². The molecule has 2 aliphatic heterocycles. The standard InChI is InChI=1S/C14H26N4O4/c1-4-13(22-5-2)17-7-6-16(14(17)15-18(19)20)8-12-10-21-9-11(12)3/h11-13H,4-10H2,1-3H3. The highest BCUT2D eigenvalue weighted by molar-refractivity contribution is 5.81. The second-order valence-corrected chi connectivity index (χ2v) is 5.87. The molecule has 0 amide bonds. The highest BCUT2D eigenvalue weighted by atomic mass is 16.7. The van der Waals surface area contributed by atoms with E-state index in [1.165, 1.54) is 0 Å². The molecule has 2 aliphatic rings. The Morgan fingerprint density at radius 3 is 2.77 bits per heavy atom. The van der Waals surface area contributed by atoms with Crippen molar-refractivity contribution in [3.63, 3.8) is 0 Å². The molecule has 0 radical (unpaired) electrons. The fourth-order valence-corrected chi connectivity index (χ4v) is 3.09. The highest BCUT2D eigenvalue weighted by Gasteiger charge is 2.37. The first-order chi connectivity index (χ1) is 10.6. The Morgan fingerprint density at radius 2 is 2.23 bits per heavy atom. The van der Waals surface area contributed by atoms with Crippen molar-refractivity contribution in [3.05, 3.63) is 10.1 Å². The smallest absolute Gasteiger partial charge is 0.276 e. The van der Waals surface area contributed by atoms with E-state index in [-0.39, 0.29) is 6.23 Å². The van der Waals surface area contributed by atoms with Crippen molar-refractivity contribution >= 4 is 5.96 Å². The number of rotatable bonds is 7. The predicted molar refractivity (Wildman–Crippen MR) is 81.9 cm³/mol. The number of ether oxygens (including phenoxy) is 2. The van der Waals surface area contributed by atoms with Gasteiger partial charge in [0.25, 0.3) is 5.96 Å². The Kier molecular flexibility index (Phi) is 5.96. The van der Waals surface area contributed by atoms with Crippen molar-refractivity contribution in [2.24, 2.45) is 16.9 Å². The van der Waals surface area contributed by atoms with Crippen LogP contribution < -0.4 is 0 Å². The van der Waals surface area contributed by atoms with E-state index in [1.54, 1.807) is 0 Å². The topological polar surface area (TPSA) is 80.4 Å². The Hall–Kier alpha value is -1.41. The van der Waals surface area contributed by atoms with Crippen LogP contribution >= 0.6 is 0 Å². The number of nitro groups is 1. The van der Waals surface area contributed by atoms with Crippen LogP contribution in [0.25, 0.3) is 0 Å². The zero-order valence-corrected chi connectivity index (χ0v) is 13.6. The molecule has 2 saturated heterocycles. The molecule has 0 spiro atoms. The molecule has 0 bridgehead atoms. The summed E-state index contributed by atoms with van der Waals surface area (Å²) >= 11 is 0. The second-order valence-electron chi connectivity index (χ2n) is 5.87. The molecule has 8 nitrogen and oxygen atoms in total. The monoisotopic (exact) mass is 314 g/mol. The fourth-order valence-electron chi connectivity index (χ4n) is 3.09. The molecule has 0 saturated carbocycles. The average Bonchev–Trinajstić information content (AvgIpc) is 3.04. The maximum Gasteiger partial charge on any atom is 0.276 e. The third-order valence-corrected chi connectivity index (χ3v) is 4.35. The quantitative estimate of drug-likeness (QED) is 0.519. The van der Waals surface area contributed by atoms with E-state index in [0.29, 0.717) is 37.6 Å². The van der Waals surface area contributed by atoms with Crippen molar-refractivity contribution < 1.29 is 14.5 Å². The number of nitrogens with zero attached hydrogens (tertiary/aromatic N) is 4. The summed E-state index contributed by atoms with van der Waals surface area (Å²) in [5.74, 6) is 1.29. The third kappa shape index (κ3) is 3.86. The second kappa shape index (κ2) is 7.73. The summed E-state index contributed by atoms with van der Waals surface area (Å²) in [4.78, 5) is 14.8. The van der Waals surface area contributed by atoms with E-state index in [1.807, 2.05) is 23.6 Å². The molecule has 22 heavy (non-hydrogen) atoms. The molecule has 0 aliphatic carbocycles. The SMILES string of the molecule is CCOC(CC)N1CCN(CC2COCC2C)C1=N[N+](=O)[O-]. The van der Waals surface area contributed by atoms with Crippen LogP contribution in [0.4, 0.5) is 0 Å². The van der Waals surface area contributed by atoms with Crippen LogP contribution in [0.5, 0.6) is 0 Å². The molecule has 3 atom stereocenters. The first-order valence-electron chi connectivity index (χ1n) is 8.00. The average molecular weight is 314 g/mol. The van der Waals surface area contributed by atoms with Crippen LogP contribution in [0, 0.1) is 22.0 Å². The highest BCUT2D eigenvalue weighted by Crippen LogP contribution is 2.24. The van der Waals surface area contributed by atoms with Gasteiger partial charge < -0.3 is 19.3 Å². The zero-order valence-electron chi connectivity index (χ0n) is 13.6. The van der Waals surface area contributed by atoms with Gasteiger partial charge in [0.05, 0.1) is 6.61 Å². The predicted octanol–water partition coefficient (Wildman–Crippen LogP) is 1.21. The van der Waals surface area contributed by atoms with Gasteiger partial charge in [0.15, 0.2) is 5.03 Å². The molecule has 8 heteroatoms. The molecule has 2 heterocycles. The number of hydrogen-bond acceptors (Lipinski definition) is 4. The van der Waals surface area contributed by atoms with E-state index >= 15 is 0 Å². The Labute approximate surface area is 131 Å². The van der Waals surface area contributed by atoms with E-state index in [0.717, 1.165) is 26.1 Å². The summed E-state index contributed by atoms with van der Waals surface area (Å²) in [5, 5.41) is 13.9. The van der Waals surface area contributed by atoms with Crippen LogP contribution in [0.3, 0.4) is 0 Å². The first-order valence-corrected chi connectivity index (χ1v) is 8.00. The molecular weight excluding hydrogens is 288 g/mol. The summed E-state index contributed by atoms with van der Waals surface area (Å²) in [6, 6.07) is 0. The van der Waals surface area contributed by atoms with Crippen molar-refractivity contribution in [2.75, 3.05) is 39.5 Å². The van der Waals surface area contributed by atoms with Crippen molar-refractivity contribution in [3.8, 4) is 0 Å². The molecule has 2 fully saturated rings. The van der Waals surface area contributed by atoms with E-state index in [4.69, 9.17) is 9.47 Å². The molecule has 2 rings (SSSR count). The Balaban J connectivity index is 2.11. The normalized spacial score (nSPS) is 28.6. The largest absolute Gasteiger partial charge is 0.381 e. The van der Waals surface area contributed by atoms with Crippen molar-refractivity contribution in [2.45, 2.75) is 33.4 Å². The van der Waals surface area contributed by atoms with Gasteiger partial charge >= 0.3 is 0 Å². The van der Waals surface area contributed by atoms with E-state index in [2.05, 4.69) is 12.0 Å². The minimum absolute atomic E-state index is 0.161. The third-order valence-electron chi connectivity index (χ3n) is 4.35. The lowest BCUT2D eigenvalue weighted by atomic mass is 9.98. The van der Waals surface area contributed by atoms with Gasteiger partial charge in [-0.3, -0.25) is 0 Å². The van der Waals surface area contributed by atoms with Crippen LogP contribution in [0.2, 0.25) is 0 Å².